The van der Waals surface area contributed by atoms with Crippen LogP contribution in [0.1, 0.15) is 70.2 Å². The molecule has 0 saturated carbocycles. The van der Waals surface area contributed by atoms with E-state index in [1.807, 2.05) is 5.01 Å². The van der Waals surface area contributed by atoms with Crippen molar-refractivity contribution in [2.24, 2.45) is 5.92 Å². The van der Waals surface area contributed by atoms with E-state index < -0.39 is 20.7 Å². The first-order valence-electron chi connectivity index (χ1n) is 15.2. The molecule has 0 aliphatic carbocycles. The number of piperidine rings is 1. The standard InChI is InChI=1S/C30H38ClFN8O3S/c1-18(2)39-11-9-20(10-12-39)14-24-27-19(3)37-40(26-6-4-5-13-43-26)29(27)36-28(35-24)21-16-33-30(34-17-21)38-44(41,42)25-15-22(31)7-8-23(25)32/h7-8,15-20,26,37H,4-6,9-14H2,1-3H3,(H,33,34,38). The summed E-state index contributed by atoms with van der Waals surface area (Å²) in [6, 6.07) is 3.87. The van der Waals surface area contributed by atoms with Crippen LogP contribution in [0, 0.1) is 11.7 Å². The Balaban J connectivity index is 1.30. The fraction of sp³-hybridized carbons (Fsp3) is 0.533. The Morgan fingerprint density at radius 1 is 1.14 bits per heavy atom. The SMILES string of the molecule is CC1NN(C2CCCCO2)c2nc(-c3cnc(NS(=O)(=O)c4cc(Cl)ccc4F)nc3)nc(CC3CCN(C(C)C)CC3)c21. The molecule has 0 radical (unpaired) electrons. The molecule has 3 aliphatic rings. The van der Waals surface area contributed by atoms with Crippen molar-refractivity contribution in [3.05, 3.63) is 52.7 Å². The molecule has 6 rings (SSSR count). The van der Waals surface area contributed by atoms with Crippen LogP contribution >= 0.6 is 11.6 Å². The smallest absolute Gasteiger partial charge is 0.267 e. The van der Waals surface area contributed by atoms with Crippen LogP contribution in [-0.4, -0.2) is 65.2 Å². The lowest BCUT2D eigenvalue weighted by Gasteiger charge is -2.34. The Labute approximate surface area is 262 Å². The molecule has 2 fully saturated rings. The van der Waals surface area contributed by atoms with Gasteiger partial charge in [-0.3, -0.25) is 5.01 Å². The zero-order chi connectivity index (χ0) is 31.0. The molecule has 44 heavy (non-hydrogen) atoms. The number of ether oxygens (including phenoxy) is 1. The number of fused-ring (bicyclic) bond motifs is 1. The van der Waals surface area contributed by atoms with Crippen LogP contribution in [0.5, 0.6) is 0 Å². The second kappa shape index (κ2) is 12.8. The van der Waals surface area contributed by atoms with Crippen LogP contribution in [0.3, 0.4) is 0 Å². The molecule has 2 unspecified atom stereocenters. The number of nitrogens with one attached hydrogen (secondary N) is 2. The van der Waals surface area contributed by atoms with Crippen molar-refractivity contribution in [1.82, 2.24) is 30.3 Å². The van der Waals surface area contributed by atoms with Gasteiger partial charge in [-0.2, -0.15) is 0 Å². The maximum Gasteiger partial charge on any atom is 0.267 e. The third-order valence-corrected chi connectivity index (χ3v) is 10.2. The topological polar surface area (TPSA) is 125 Å². The van der Waals surface area contributed by atoms with E-state index in [1.54, 1.807) is 0 Å². The summed E-state index contributed by atoms with van der Waals surface area (Å²) in [7, 11) is -4.31. The van der Waals surface area contributed by atoms with Crippen molar-refractivity contribution < 1.29 is 17.5 Å². The van der Waals surface area contributed by atoms with Crippen molar-refractivity contribution in [3.63, 3.8) is 0 Å². The first-order chi connectivity index (χ1) is 21.1. The van der Waals surface area contributed by atoms with Gasteiger partial charge in [-0.25, -0.2) is 42.9 Å². The monoisotopic (exact) mass is 644 g/mol. The Morgan fingerprint density at radius 3 is 2.57 bits per heavy atom. The van der Waals surface area contributed by atoms with Crippen molar-refractivity contribution in [3.8, 4) is 11.4 Å². The zero-order valence-corrected chi connectivity index (χ0v) is 26.7. The Hall–Kier alpha value is -2.97. The van der Waals surface area contributed by atoms with Gasteiger partial charge < -0.3 is 9.64 Å². The number of hydrogen-bond acceptors (Lipinski definition) is 10. The summed E-state index contributed by atoms with van der Waals surface area (Å²) < 4.78 is 48.3. The van der Waals surface area contributed by atoms with Crippen LogP contribution in [0.2, 0.25) is 5.02 Å². The second-order valence-electron chi connectivity index (χ2n) is 12.0. The number of rotatable bonds is 8. The van der Waals surface area contributed by atoms with Gasteiger partial charge in [0.25, 0.3) is 10.0 Å². The third-order valence-electron chi connectivity index (χ3n) is 8.62. The summed E-state index contributed by atoms with van der Waals surface area (Å²) >= 11 is 5.89. The van der Waals surface area contributed by atoms with Crippen LogP contribution in [-0.2, 0) is 21.2 Å². The molecule has 1 aromatic carbocycles. The number of likely N-dealkylation sites (tertiary alicyclic amines) is 1. The van der Waals surface area contributed by atoms with Gasteiger partial charge in [-0.1, -0.05) is 11.6 Å². The molecule has 3 aromatic rings. The molecule has 2 saturated heterocycles. The first-order valence-corrected chi connectivity index (χ1v) is 17.1. The molecule has 14 heteroatoms. The maximum atomic E-state index is 14.3. The average molecular weight is 645 g/mol. The highest BCUT2D eigenvalue weighted by Crippen LogP contribution is 2.39. The summed E-state index contributed by atoms with van der Waals surface area (Å²) in [4.78, 5) is 20.4. The van der Waals surface area contributed by atoms with Gasteiger partial charge in [0.1, 0.15) is 16.9 Å². The highest BCUT2D eigenvalue weighted by Gasteiger charge is 2.37. The lowest BCUT2D eigenvalue weighted by atomic mass is 9.89. The van der Waals surface area contributed by atoms with E-state index in [1.165, 1.54) is 18.5 Å². The van der Waals surface area contributed by atoms with Crippen LogP contribution < -0.4 is 15.2 Å². The minimum absolute atomic E-state index is 0.0234. The van der Waals surface area contributed by atoms with E-state index in [0.717, 1.165) is 80.8 Å². The van der Waals surface area contributed by atoms with Crippen molar-refractivity contribution in [1.29, 1.82) is 0 Å². The van der Waals surface area contributed by atoms with Gasteiger partial charge in [0, 0.05) is 35.6 Å². The number of hydrazine groups is 1. The minimum atomic E-state index is -4.31. The van der Waals surface area contributed by atoms with E-state index in [-0.39, 0.29) is 23.2 Å². The molecule has 2 aromatic heterocycles. The van der Waals surface area contributed by atoms with E-state index in [0.29, 0.717) is 30.0 Å². The summed E-state index contributed by atoms with van der Waals surface area (Å²) in [6.45, 7) is 9.46. The highest BCUT2D eigenvalue weighted by molar-refractivity contribution is 7.92. The molecule has 11 nitrogen and oxygen atoms in total. The molecule has 2 atom stereocenters. The van der Waals surface area contributed by atoms with E-state index in [4.69, 9.17) is 26.3 Å². The number of hydrogen-bond donors (Lipinski definition) is 2. The Kier molecular flexibility index (Phi) is 9.02. The number of anilines is 2. The van der Waals surface area contributed by atoms with Crippen molar-refractivity contribution in [2.75, 3.05) is 29.4 Å². The Morgan fingerprint density at radius 2 is 1.89 bits per heavy atom. The number of nitrogens with zero attached hydrogens (tertiary/aromatic N) is 6. The summed E-state index contributed by atoms with van der Waals surface area (Å²) in [5, 5.41) is 2.13. The average Bonchev–Trinajstić information content (AvgIpc) is 3.35. The van der Waals surface area contributed by atoms with Gasteiger partial charge >= 0.3 is 0 Å². The zero-order valence-electron chi connectivity index (χ0n) is 25.1. The molecular weight excluding hydrogens is 607 g/mol. The number of sulfonamides is 1. The molecule has 2 N–H and O–H groups in total. The molecule has 236 valence electrons. The summed E-state index contributed by atoms with van der Waals surface area (Å²) in [5.74, 6) is 0.611. The normalized spacial score (nSPS) is 21.5. The van der Waals surface area contributed by atoms with Crippen molar-refractivity contribution >= 4 is 33.4 Å². The lowest BCUT2D eigenvalue weighted by Crippen LogP contribution is -2.46. The minimum Gasteiger partial charge on any atom is -0.357 e. The first kappa shape index (κ1) is 31.0. The molecule has 0 bridgehead atoms. The molecule has 3 aliphatic heterocycles. The lowest BCUT2D eigenvalue weighted by molar-refractivity contribution is 0.00794. The highest BCUT2D eigenvalue weighted by atomic mass is 35.5. The largest absolute Gasteiger partial charge is 0.357 e. The molecule has 5 heterocycles. The second-order valence-corrected chi connectivity index (χ2v) is 14.1. The van der Waals surface area contributed by atoms with Gasteiger partial charge in [0.2, 0.25) is 5.95 Å². The van der Waals surface area contributed by atoms with E-state index >= 15 is 0 Å². The maximum absolute atomic E-state index is 14.3. The number of benzene rings is 1. The van der Waals surface area contributed by atoms with Gasteiger partial charge in [0.15, 0.2) is 11.6 Å². The van der Waals surface area contributed by atoms with Gasteiger partial charge in [-0.05, 0) is 96.5 Å². The predicted molar refractivity (Wildman–Crippen MR) is 166 cm³/mol. The van der Waals surface area contributed by atoms with Crippen LogP contribution in [0.4, 0.5) is 16.2 Å². The molecular formula is C30H38ClFN8O3S. The predicted octanol–water partition coefficient (Wildman–Crippen LogP) is 5.10. The van der Waals surface area contributed by atoms with Crippen LogP contribution in [0.25, 0.3) is 11.4 Å². The third kappa shape index (κ3) is 6.52. The quantitative estimate of drug-likeness (QED) is 0.342. The van der Waals surface area contributed by atoms with Gasteiger partial charge in [0.05, 0.1) is 17.3 Å². The van der Waals surface area contributed by atoms with E-state index in [2.05, 4.69) is 45.8 Å². The number of aromatic nitrogens is 4. The van der Waals surface area contributed by atoms with Crippen LogP contribution in [0.15, 0.2) is 35.5 Å². The van der Waals surface area contributed by atoms with Crippen molar-refractivity contribution in [2.45, 2.75) is 82.5 Å². The summed E-state index contributed by atoms with van der Waals surface area (Å²) in [6.07, 6.45) is 8.88. The molecule has 0 amide bonds. The number of halogens is 2. The van der Waals surface area contributed by atoms with Gasteiger partial charge in [-0.15, -0.1) is 0 Å². The fourth-order valence-electron chi connectivity index (χ4n) is 6.20. The molecule has 0 spiro atoms. The Bertz CT molecular complexity index is 1600. The fourth-order valence-corrected chi connectivity index (χ4v) is 7.50. The van der Waals surface area contributed by atoms with E-state index in [9.17, 15) is 12.8 Å². The summed E-state index contributed by atoms with van der Waals surface area (Å²) in [5.41, 5.74) is 6.19.